The van der Waals surface area contributed by atoms with Gasteiger partial charge in [-0.25, -0.2) is 4.98 Å². The Morgan fingerprint density at radius 1 is 1.47 bits per heavy atom. The Labute approximate surface area is 117 Å². The molecule has 1 aliphatic rings. The first kappa shape index (κ1) is 14.5. The highest BCUT2D eigenvalue weighted by atomic mass is 15.2. The molecule has 0 aliphatic carbocycles. The van der Waals surface area contributed by atoms with Gasteiger partial charge >= 0.3 is 0 Å². The van der Waals surface area contributed by atoms with Gasteiger partial charge in [0.2, 0.25) is 0 Å². The fraction of sp³-hybridized carbons (Fsp3) is 0.800. The van der Waals surface area contributed by atoms with E-state index < -0.39 is 0 Å². The molecular weight excluding hydrogens is 236 g/mol. The van der Waals surface area contributed by atoms with E-state index in [9.17, 15) is 0 Å². The van der Waals surface area contributed by atoms with Crippen LogP contribution in [0.1, 0.15) is 39.3 Å². The summed E-state index contributed by atoms with van der Waals surface area (Å²) in [5.41, 5.74) is 1.31. The summed E-state index contributed by atoms with van der Waals surface area (Å²) in [4.78, 5) is 6.91. The number of likely N-dealkylation sites (N-methyl/N-ethyl adjacent to an activating group) is 1. The van der Waals surface area contributed by atoms with E-state index in [1.807, 2.05) is 12.5 Å². The Morgan fingerprint density at radius 3 is 3.05 bits per heavy atom. The zero-order valence-electron chi connectivity index (χ0n) is 12.6. The minimum Gasteiger partial charge on any atom is -0.332 e. The van der Waals surface area contributed by atoms with Crippen LogP contribution in [-0.4, -0.2) is 40.1 Å². The quantitative estimate of drug-likeness (QED) is 0.819. The second kappa shape index (κ2) is 7.06. The first-order chi connectivity index (χ1) is 9.20. The van der Waals surface area contributed by atoms with Gasteiger partial charge in [-0.1, -0.05) is 20.8 Å². The van der Waals surface area contributed by atoms with Crippen LogP contribution in [0, 0.1) is 5.92 Å². The van der Waals surface area contributed by atoms with E-state index in [4.69, 9.17) is 0 Å². The van der Waals surface area contributed by atoms with Gasteiger partial charge in [-0.2, -0.15) is 0 Å². The predicted octanol–water partition coefficient (Wildman–Crippen LogP) is 2.11. The van der Waals surface area contributed by atoms with Crippen LogP contribution in [0.15, 0.2) is 12.5 Å². The standard InChI is InChI=1S/C15H28N4/c1-4-18-7-5-6-14(18)11-19-12-17-10-15(19)9-16-8-13(2)3/h10,12-14,16H,4-9,11H2,1-3H3. The molecule has 1 atom stereocenters. The monoisotopic (exact) mass is 264 g/mol. The van der Waals surface area contributed by atoms with Crippen LogP contribution in [0.4, 0.5) is 0 Å². The molecule has 0 aromatic carbocycles. The molecule has 4 nitrogen and oxygen atoms in total. The number of rotatable bonds is 7. The van der Waals surface area contributed by atoms with E-state index in [1.54, 1.807) is 0 Å². The van der Waals surface area contributed by atoms with E-state index in [1.165, 1.54) is 31.6 Å². The molecule has 0 radical (unpaired) electrons. The lowest BCUT2D eigenvalue weighted by Gasteiger charge is -2.24. The highest BCUT2D eigenvalue weighted by molar-refractivity contribution is 4.99. The fourth-order valence-corrected chi connectivity index (χ4v) is 2.89. The summed E-state index contributed by atoms with van der Waals surface area (Å²) in [5.74, 6) is 0.696. The summed E-state index contributed by atoms with van der Waals surface area (Å²) in [6.07, 6.45) is 6.65. The Morgan fingerprint density at radius 2 is 2.32 bits per heavy atom. The van der Waals surface area contributed by atoms with Gasteiger partial charge < -0.3 is 9.88 Å². The van der Waals surface area contributed by atoms with Crippen LogP contribution in [0.5, 0.6) is 0 Å². The molecule has 1 aliphatic heterocycles. The summed E-state index contributed by atoms with van der Waals surface area (Å²) in [7, 11) is 0. The summed E-state index contributed by atoms with van der Waals surface area (Å²) in [6, 6.07) is 0.697. The number of likely N-dealkylation sites (tertiary alicyclic amines) is 1. The van der Waals surface area contributed by atoms with Crippen LogP contribution >= 0.6 is 0 Å². The van der Waals surface area contributed by atoms with E-state index in [0.29, 0.717) is 12.0 Å². The molecule has 1 saturated heterocycles. The first-order valence-corrected chi connectivity index (χ1v) is 7.64. The van der Waals surface area contributed by atoms with E-state index >= 15 is 0 Å². The summed E-state index contributed by atoms with van der Waals surface area (Å²) >= 11 is 0. The summed E-state index contributed by atoms with van der Waals surface area (Å²) in [5, 5.41) is 3.50. The van der Waals surface area contributed by atoms with Gasteiger partial charge in [-0.15, -0.1) is 0 Å². The smallest absolute Gasteiger partial charge is 0.0949 e. The molecule has 2 rings (SSSR count). The lowest BCUT2D eigenvalue weighted by atomic mass is 10.2. The lowest BCUT2D eigenvalue weighted by molar-refractivity contribution is 0.242. The lowest BCUT2D eigenvalue weighted by Crippen LogP contribution is -2.33. The Bertz CT molecular complexity index is 372. The minimum absolute atomic E-state index is 0.696. The van der Waals surface area contributed by atoms with Gasteiger partial charge in [0.05, 0.1) is 12.0 Å². The highest BCUT2D eigenvalue weighted by Gasteiger charge is 2.23. The first-order valence-electron chi connectivity index (χ1n) is 7.64. The zero-order chi connectivity index (χ0) is 13.7. The van der Waals surface area contributed by atoms with Crippen molar-refractivity contribution in [3.8, 4) is 0 Å². The molecule has 1 N–H and O–H groups in total. The topological polar surface area (TPSA) is 33.1 Å². The van der Waals surface area contributed by atoms with Crippen molar-refractivity contribution in [1.82, 2.24) is 19.8 Å². The van der Waals surface area contributed by atoms with Gasteiger partial charge in [0.15, 0.2) is 0 Å². The zero-order valence-corrected chi connectivity index (χ0v) is 12.6. The molecule has 19 heavy (non-hydrogen) atoms. The number of nitrogens with zero attached hydrogens (tertiary/aromatic N) is 3. The van der Waals surface area contributed by atoms with Crippen LogP contribution in [-0.2, 0) is 13.1 Å². The summed E-state index contributed by atoms with van der Waals surface area (Å²) in [6.45, 7) is 12.2. The Kier molecular flexibility index (Phi) is 5.40. The molecule has 0 spiro atoms. The molecule has 1 aromatic rings. The van der Waals surface area contributed by atoms with Crippen molar-refractivity contribution in [2.24, 2.45) is 5.92 Å². The molecule has 1 fully saturated rings. The molecule has 0 saturated carbocycles. The van der Waals surface area contributed by atoms with Crippen LogP contribution < -0.4 is 5.32 Å². The van der Waals surface area contributed by atoms with Gasteiger partial charge in [-0.3, -0.25) is 4.90 Å². The van der Waals surface area contributed by atoms with Crippen molar-refractivity contribution < 1.29 is 0 Å². The molecule has 4 heteroatoms. The maximum atomic E-state index is 4.32. The molecule has 0 bridgehead atoms. The van der Waals surface area contributed by atoms with Gasteiger partial charge in [-0.05, 0) is 38.4 Å². The van der Waals surface area contributed by atoms with Crippen molar-refractivity contribution >= 4 is 0 Å². The second-order valence-electron chi connectivity index (χ2n) is 5.99. The predicted molar refractivity (Wildman–Crippen MR) is 79.0 cm³/mol. The third-order valence-electron chi connectivity index (χ3n) is 3.97. The number of aromatic nitrogens is 2. The van der Waals surface area contributed by atoms with E-state index in [-0.39, 0.29) is 0 Å². The van der Waals surface area contributed by atoms with Crippen LogP contribution in [0.2, 0.25) is 0 Å². The van der Waals surface area contributed by atoms with Crippen molar-refractivity contribution in [3.05, 3.63) is 18.2 Å². The second-order valence-corrected chi connectivity index (χ2v) is 5.99. The fourth-order valence-electron chi connectivity index (χ4n) is 2.89. The Hall–Kier alpha value is -0.870. The normalized spacial score (nSPS) is 20.5. The van der Waals surface area contributed by atoms with Crippen LogP contribution in [0.25, 0.3) is 0 Å². The average Bonchev–Trinajstić information content (AvgIpc) is 2.99. The molecule has 1 unspecified atom stereocenters. The van der Waals surface area contributed by atoms with Gasteiger partial charge in [0.25, 0.3) is 0 Å². The third-order valence-corrected chi connectivity index (χ3v) is 3.97. The maximum Gasteiger partial charge on any atom is 0.0949 e. The van der Waals surface area contributed by atoms with Crippen molar-refractivity contribution in [1.29, 1.82) is 0 Å². The summed E-state index contributed by atoms with van der Waals surface area (Å²) < 4.78 is 2.33. The maximum absolute atomic E-state index is 4.32. The Balaban J connectivity index is 1.88. The average molecular weight is 264 g/mol. The minimum atomic E-state index is 0.696. The number of imidazole rings is 1. The van der Waals surface area contributed by atoms with Crippen molar-refractivity contribution in [2.45, 2.75) is 52.7 Å². The number of hydrogen-bond acceptors (Lipinski definition) is 3. The van der Waals surface area contributed by atoms with E-state index in [2.05, 4.69) is 40.5 Å². The van der Waals surface area contributed by atoms with Gasteiger partial charge in [0, 0.05) is 25.3 Å². The third kappa shape index (κ3) is 4.05. The highest BCUT2D eigenvalue weighted by Crippen LogP contribution is 2.18. The van der Waals surface area contributed by atoms with Crippen LogP contribution in [0.3, 0.4) is 0 Å². The molecule has 2 heterocycles. The molecular formula is C15H28N4. The number of nitrogens with one attached hydrogen (secondary N) is 1. The largest absolute Gasteiger partial charge is 0.332 e. The van der Waals surface area contributed by atoms with Crippen molar-refractivity contribution in [2.75, 3.05) is 19.6 Å². The SMILES string of the molecule is CCN1CCCC1Cn1cncc1CNCC(C)C. The number of hydrogen-bond donors (Lipinski definition) is 1. The van der Waals surface area contributed by atoms with E-state index in [0.717, 1.165) is 19.6 Å². The molecule has 108 valence electrons. The van der Waals surface area contributed by atoms with Gasteiger partial charge in [0.1, 0.15) is 0 Å². The molecule has 1 aromatic heterocycles. The van der Waals surface area contributed by atoms with Crippen molar-refractivity contribution in [3.63, 3.8) is 0 Å². The molecule has 0 amide bonds.